The molecule has 0 radical (unpaired) electrons. The Morgan fingerprint density at radius 1 is 1.38 bits per heavy atom. The first-order valence-corrected chi connectivity index (χ1v) is 7.59. The lowest BCUT2D eigenvalue weighted by molar-refractivity contribution is -0.124. The van der Waals surface area contributed by atoms with Gasteiger partial charge in [-0.3, -0.25) is 4.79 Å². The van der Waals surface area contributed by atoms with Crippen LogP contribution in [0.5, 0.6) is 0 Å². The molecule has 3 unspecified atom stereocenters. The molecule has 2 aliphatic rings. The number of hydrogen-bond donors (Lipinski definition) is 3. The number of nitrogens with one attached hydrogen (secondary N) is 2. The number of aliphatic hydroxyl groups is 1. The first-order valence-electron chi connectivity index (χ1n) is 7.59. The van der Waals surface area contributed by atoms with Gasteiger partial charge < -0.3 is 20.5 Å². The minimum atomic E-state index is -0.364. The Morgan fingerprint density at radius 2 is 2.24 bits per heavy atom. The van der Waals surface area contributed by atoms with Gasteiger partial charge in [-0.15, -0.1) is 0 Å². The molecular weight excluding hydrogens is 268 g/mol. The van der Waals surface area contributed by atoms with Crippen LogP contribution in [0, 0.1) is 5.92 Å². The van der Waals surface area contributed by atoms with Crippen molar-refractivity contribution in [2.45, 2.75) is 25.0 Å². The molecule has 3 N–H and O–H groups in total. The van der Waals surface area contributed by atoms with Gasteiger partial charge in [-0.25, -0.2) is 0 Å². The van der Waals surface area contributed by atoms with E-state index in [-0.39, 0.29) is 24.0 Å². The summed E-state index contributed by atoms with van der Waals surface area (Å²) in [6, 6.07) is 8.15. The fraction of sp³-hybridized carbons (Fsp3) is 0.562. The number of fused-ring (bicyclic) bond motifs is 1. The largest absolute Gasteiger partial charge is 0.391 e. The molecule has 1 aromatic carbocycles. The molecule has 1 fully saturated rings. The lowest BCUT2D eigenvalue weighted by Crippen LogP contribution is -2.35. The van der Waals surface area contributed by atoms with Gasteiger partial charge in [-0.05, 0) is 17.5 Å². The first-order chi connectivity index (χ1) is 10.2. The van der Waals surface area contributed by atoms with E-state index in [1.165, 1.54) is 5.56 Å². The lowest BCUT2D eigenvalue weighted by atomic mass is 9.95. The fourth-order valence-corrected chi connectivity index (χ4v) is 3.06. The second-order valence-electron chi connectivity index (χ2n) is 5.80. The van der Waals surface area contributed by atoms with Crippen molar-refractivity contribution >= 4 is 5.91 Å². The van der Waals surface area contributed by atoms with Gasteiger partial charge >= 0.3 is 0 Å². The predicted octanol–water partition coefficient (Wildman–Crippen LogP) is 0.387. The number of benzene rings is 1. The van der Waals surface area contributed by atoms with Gasteiger partial charge in [0.2, 0.25) is 5.91 Å². The molecule has 0 spiro atoms. The number of β-amino-alcohol motifs (C(OH)–C–C–N with tert-alkyl or cyclic N) is 1. The minimum absolute atomic E-state index is 0.0178. The van der Waals surface area contributed by atoms with Crippen molar-refractivity contribution < 1.29 is 14.6 Å². The fourth-order valence-electron chi connectivity index (χ4n) is 3.06. The summed E-state index contributed by atoms with van der Waals surface area (Å²) in [5.41, 5.74) is 2.40. The van der Waals surface area contributed by atoms with Crippen LogP contribution >= 0.6 is 0 Å². The summed E-state index contributed by atoms with van der Waals surface area (Å²) in [6.07, 6.45) is 0.736. The number of ether oxygens (including phenoxy) is 1. The van der Waals surface area contributed by atoms with Crippen LogP contribution in [0.15, 0.2) is 24.3 Å². The second kappa shape index (κ2) is 6.56. The molecule has 21 heavy (non-hydrogen) atoms. The van der Waals surface area contributed by atoms with Crippen LogP contribution in [0.3, 0.4) is 0 Å². The number of hydrogen-bond acceptors (Lipinski definition) is 4. The maximum Gasteiger partial charge on any atom is 0.222 e. The second-order valence-corrected chi connectivity index (χ2v) is 5.80. The minimum Gasteiger partial charge on any atom is -0.391 e. The third kappa shape index (κ3) is 3.43. The van der Waals surface area contributed by atoms with Gasteiger partial charge in [0.25, 0.3) is 0 Å². The van der Waals surface area contributed by atoms with E-state index in [1.807, 2.05) is 18.2 Å². The monoisotopic (exact) mass is 290 g/mol. The summed E-state index contributed by atoms with van der Waals surface area (Å²) >= 11 is 0. The molecule has 0 bridgehead atoms. The third-order valence-electron chi connectivity index (χ3n) is 4.33. The molecule has 2 aliphatic heterocycles. The van der Waals surface area contributed by atoms with Crippen LogP contribution in [-0.2, 0) is 16.0 Å². The van der Waals surface area contributed by atoms with Crippen molar-refractivity contribution in [3.05, 3.63) is 35.4 Å². The van der Waals surface area contributed by atoms with Gasteiger partial charge in [0, 0.05) is 25.6 Å². The maximum absolute atomic E-state index is 12.1. The average molecular weight is 290 g/mol. The molecule has 114 valence electrons. The summed E-state index contributed by atoms with van der Waals surface area (Å²) in [4.78, 5) is 12.1. The highest BCUT2D eigenvalue weighted by atomic mass is 16.5. The summed E-state index contributed by atoms with van der Waals surface area (Å²) in [5.74, 6) is 0.0873. The van der Waals surface area contributed by atoms with Crippen LogP contribution in [0.4, 0.5) is 0 Å². The van der Waals surface area contributed by atoms with Gasteiger partial charge in [-0.1, -0.05) is 24.3 Å². The molecule has 3 rings (SSSR count). The normalized spacial score (nSPS) is 28.1. The Balaban J connectivity index is 1.53. The summed E-state index contributed by atoms with van der Waals surface area (Å²) in [6.45, 7) is 2.55. The molecule has 1 amide bonds. The molecule has 0 saturated carbocycles. The number of amides is 1. The van der Waals surface area contributed by atoms with E-state index < -0.39 is 0 Å². The summed E-state index contributed by atoms with van der Waals surface area (Å²) in [5, 5.41) is 15.7. The maximum atomic E-state index is 12.1. The van der Waals surface area contributed by atoms with Gasteiger partial charge in [0.1, 0.15) is 0 Å². The zero-order chi connectivity index (χ0) is 14.7. The number of aliphatic hydroxyl groups excluding tert-OH is 1. The van der Waals surface area contributed by atoms with E-state index in [1.54, 1.807) is 0 Å². The molecule has 1 saturated heterocycles. The SMILES string of the molecule is O=C(CC1OCCc2ccccc21)NCC1CNCC1O. The van der Waals surface area contributed by atoms with Gasteiger partial charge in [-0.2, -0.15) is 0 Å². The van der Waals surface area contributed by atoms with E-state index >= 15 is 0 Å². The van der Waals surface area contributed by atoms with Crippen molar-refractivity contribution in [3.63, 3.8) is 0 Å². The highest BCUT2D eigenvalue weighted by Crippen LogP contribution is 2.29. The zero-order valence-corrected chi connectivity index (χ0v) is 12.0. The van der Waals surface area contributed by atoms with E-state index in [9.17, 15) is 9.90 Å². The van der Waals surface area contributed by atoms with Crippen molar-refractivity contribution in [2.75, 3.05) is 26.2 Å². The van der Waals surface area contributed by atoms with Gasteiger partial charge in [0.05, 0.1) is 25.2 Å². The molecule has 3 atom stereocenters. The Bertz CT molecular complexity index is 506. The standard InChI is InChI=1S/C16H22N2O3/c19-14-10-17-8-12(14)9-18-16(20)7-15-13-4-2-1-3-11(13)5-6-21-15/h1-4,12,14-15,17,19H,5-10H2,(H,18,20). The summed E-state index contributed by atoms with van der Waals surface area (Å²) in [7, 11) is 0. The first kappa shape index (κ1) is 14.5. The highest BCUT2D eigenvalue weighted by molar-refractivity contribution is 5.76. The molecular formula is C16H22N2O3. The Morgan fingerprint density at radius 3 is 3.05 bits per heavy atom. The van der Waals surface area contributed by atoms with Crippen LogP contribution in [0.25, 0.3) is 0 Å². The van der Waals surface area contributed by atoms with E-state index in [0.29, 0.717) is 26.1 Å². The predicted molar refractivity (Wildman–Crippen MR) is 78.8 cm³/mol. The van der Waals surface area contributed by atoms with Crippen LogP contribution in [-0.4, -0.2) is 43.4 Å². The van der Waals surface area contributed by atoms with Crippen molar-refractivity contribution in [1.29, 1.82) is 0 Å². The Hall–Kier alpha value is -1.43. The molecule has 0 aromatic heterocycles. The molecule has 5 heteroatoms. The van der Waals surface area contributed by atoms with Crippen LogP contribution < -0.4 is 10.6 Å². The molecule has 0 aliphatic carbocycles. The average Bonchev–Trinajstić information content (AvgIpc) is 2.91. The summed E-state index contributed by atoms with van der Waals surface area (Å²) < 4.78 is 5.75. The zero-order valence-electron chi connectivity index (χ0n) is 12.0. The molecule has 2 heterocycles. The molecule has 1 aromatic rings. The third-order valence-corrected chi connectivity index (χ3v) is 4.33. The van der Waals surface area contributed by atoms with Gasteiger partial charge in [0.15, 0.2) is 0 Å². The van der Waals surface area contributed by atoms with Crippen molar-refractivity contribution in [2.24, 2.45) is 5.92 Å². The van der Waals surface area contributed by atoms with Crippen LogP contribution in [0.2, 0.25) is 0 Å². The van der Waals surface area contributed by atoms with Crippen molar-refractivity contribution in [1.82, 2.24) is 10.6 Å². The lowest BCUT2D eigenvalue weighted by Gasteiger charge is -2.26. The Labute approximate surface area is 124 Å². The number of carbonyl (C=O) groups is 1. The Kier molecular flexibility index (Phi) is 4.53. The smallest absolute Gasteiger partial charge is 0.222 e. The number of carbonyl (C=O) groups excluding carboxylic acids is 1. The quantitative estimate of drug-likeness (QED) is 0.750. The van der Waals surface area contributed by atoms with E-state index in [2.05, 4.69) is 16.7 Å². The van der Waals surface area contributed by atoms with E-state index in [0.717, 1.165) is 18.5 Å². The molecule has 5 nitrogen and oxygen atoms in total. The van der Waals surface area contributed by atoms with Crippen molar-refractivity contribution in [3.8, 4) is 0 Å². The van der Waals surface area contributed by atoms with E-state index in [4.69, 9.17) is 4.74 Å². The van der Waals surface area contributed by atoms with Crippen LogP contribution in [0.1, 0.15) is 23.7 Å². The topological polar surface area (TPSA) is 70.6 Å². The highest BCUT2D eigenvalue weighted by Gasteiger charge is 2.26. The number of rotatable bonds is 4.